The van der Waals surface area contributed by atoms with Crippen LogP contribution in [0, 0.1) is 5.92 Å². The Morgan fingerprint density at radius 3 is 2.55 bits per heavy atom. The number of rotatable bonds is 7. The van der Waals surface area contributed by atoms with E-state index in [1.54, 1.807) is 24.3 Å². The average Bonchev–Trinajstić information content (AvgIpc) is 2.80. The molecule has 0 saturated carbocycles. The Hall–Kier alpha value is -3.40. The largest absolute Gasteiger partial charge is 0.455 e. The molecular formula is C22H22ClF2N3O5. The van der Waals surface area contributed by atoms with Gasteiger partial charge in [0.1, 0.15) is 5.75 Å². The number of hydrogen-bond acceptors (Lipinski definition) is 5. The summed E-state index contributed by atoms with van der Waals surface area (Å²) in [7, 11) is 0. The number of hydrogen-bond donors (Lipinski definition) is 2. The number of halogens is 3. The number of amides is 3. The zero-order valence-corrected chi connectivity index (χ0v) is 18.2. The summed E-state index contributed by atoms with van der Waals surface area (Å²) in [5.74, 6) is -1.99. The quantitative estimate of drug-likeness (QED) is 0.572. The maximum atomic E-state index is 12.5. The van der Waals surface area contributed by atoms with E-state index in [1.807, 2.05) is 6.07 Å². The Morgan fingerprint density at radius 1 is 1.09 bits per heavy atom. The van der Waals surface area contributed by atoms with E-state index in [-0.39, 0.29) is 29.0 Å². The van der Waals surface area contributed by atoms with Gasteiger partial charge in [-0.05, 0) is 43.2 Å². The molecule has 11 heteroatoms. The molecule has 1 fully saturated rings. The fraction of sp³-hybridized carbons (Fsp3) is 0.318. The van der Waals surface area contributed by atoms with Crippen molar-refractivity contribution in [2.24, 2.45) is 5.92 Å². The fourth-order valence-electron chi connectivity index (χ4n) is 3.30. The molecule has 33 heavy (non-hydrogen) atoms. The molecule has 1 heterocycles. The lowest BCUT2D eigenvalue weighted by molar-refractivity contribution is -0.152. The van der Waals surface area contributed by atoms with Crippen LogP contribution in [-0.2, 0) is 14.3 Å². The molecule has 0 radical (unpaired) electrons. The summed E-state index contributed by atoms with van der Waals surface area (Å²) in [4.78, 5) is 38.5. The predicted octanol–water partition coefficient (Wildman–Crippen LogP) is 4.37. The second-order valence-electron chi connectivity index (χ2n) is 7.26. The predicted molar refractivity (Wildman–Crippen MR) is 117 cm³/mol. The Balaban J connectivity index is 1.46. The molecule has 3 amide bonds. The topological polar surface area (TPSA) is 97.0 Å². The van der Waals surface area contributed by atoms with Gasteiger partial charge in [0.05, 0.1) is 10.9 Å². The van der Waals surface area contributed by atoms with Gasteiger partial charge < -0.3 is 25.0 Å². The Bertz CT molecular complexity index is 993. The summed E-state index contributed by atoms with van der Waals surface area (Å²) in [6.07, 6.45) is 1.16. The fourth-order valence-corrected chi connectivity index (χ4v) is 3.52. The Morgan fingerprint density at radius 2 is 1.85 bits per heavy atom. The number of piperidine rings is 1. The molecule has 1 unspecified atom stereocenters. The molecule has 1 aliphatic heterocycles. The Kier molecular flexibility index (Phi) is 8.42. The molecule has 1 atom stereocenters. The van der Waals surface area contributed by atoms with E-state index < -0.39 is 31.0 Å². The van der Waals surface area contributed by atoms with Gasteiger partial charge in [-0.2, -0.15) is 8.78 Å². The molecule has 0 aromatic heterocycles. The van der Waals surface area contributed by atoms with Crippen LogP contribution in [0.25, 0.3) is 0 Å². The maximum absolute atomic E-state index is 12.5. The molecule has 2 N–H and O–H groups in total. The molecule has 1 saturated heterocycles. The first-order valence-electron chi connectivity index (χ1n) is 10.1. The third-order valence-electron chi connectivity index (χ3n) is 4.84. The third-order valence-corrected chi connectivity index (χ3v) is 5.14. The van der Waals surface area contributed by atoms with Gasteiger partial charge in [0, 0.05) is 24.5 Å². The van der Waals surface area contributed by atoms with E-state index in [0.717, 1.165) is 0 Å². The lowest BCUT2D eigenvalue weighted by Crippen LogP contribution is -2.45. The lowest BCUT2D eigenvalue weighted by Gasteiger charge is -2.31. The summed E-state index contributed by atoms with van der Waals surface area (Å²) < 4.78 is 33.9. The number of ether oxygens (including phenoxy) is 2. The van der Waals surface area contributed by atoms with Crippen molar-refractivity contribution in [1.29, 1.82) is 0 Å². The minimum atomic E-state index is -3.03. The summed E-state index contributed by atoms with van der Waals surface area (Å²) in [6.45, 7) is -2.88. The monoisotopic (exact) mass is 481 g/mol. The van der Waals surface area contributed by atoms with Gasteiger partial charge in [0.2, 0.25) is 0 Å². The van der Waals surface area contributed by atoms with Crippen molar-refractivity contribution in [2.75, 3.05) is 30.3 Å². The van der Waals surface area contributed by atoms with E-state index in [1.165, 1.54) is 23.1 Å². The number of anilines is 2. The molecule has 176 valence electrons. The van der Waals surface area contributed by atoms with Crippen LogP contribution in [0.2, 0.25) is 5.02 Å². The highest BCUT2D eigenvalue weighted by atomic mass is 35.5. The van der Waals surface area contributed by atoms with Crippen molar-refractivity contribution in [3.05, 3.63) is 53.6 Å². The molecular weight excluding hydrogens is 460 g/mol. The van der Waals surface area contributed by atoms with Crippen molar-refractivity contribution in [3.8, 4) is 5.75 Å². The van der Waals surface area contributed by atoms with Crippen molar-refractivity contribution in [3.63, 3.8) is 0 Å². The second-order valence-corrected chi connectivity index (χ2v) is 7.67. The minimum Gasteiger partial charge on any atom is -0.455 e. The Labute approximate surface area is 193 Å². The van der Waals surface area contributed by atoms with E-state index in [0.29, 0.717) is 25.1 Å². The molecule has 3 rings (SSSR count). The van der Waals surface area contributed by atoms with Crippen LogP contribution in [0.15, 0.2) is 48.5 Å². The number of para-hydroxylation sites is 1. The van der Waals surface area contributed by atoms with Gasteiger partial charge in [-0.25, -0.2) is 4.79 Å². The first-order chi connectivity index (χ1) is 15.8. The van der Waals surface area contributed by atoms with E-state index in [4.69, 9.17) is 16.3 Å². The number of carbonyl (C=O) groups excluding carboxylic acids is 3. The average molecular weight is 482 g/mol. The summed E-state index contributed by atoms with van der Waals surface area (Å²) in [5.41, 5.74) is 0.877. The van der Waals surface area contributed by atoms with E-state index >= 15 is 0 Å². The SMILES string of the molecule is O=C(COC(=O)C1CCCN(C(=O)Nc2ccccc2)C1)Nc1ccc(OC(F)F)c(Cl)c1. The standard InChI is InChI=1S/C22H22ClF2N3O5/c23-17-11-16(8-9-18(17)33-21(24)25)26-19(29)13-32-20(30)14-5-4-10-28(12-14)22(31)27-15-6-2-1-3-7-15/h1-3,6-9,11,14,21H,4-5,10,12-13H2,(H,26,29)(H,27,31). The third kappa shape index (κ3) is 7.31. The molecule has 0 bridgehead atoms. The van der Waals surface area contributed by atoms with Crippen LogP contribution < -0.4 is 15.4 Å². The van der Waals surface area contributed by atoms with E-state index in [9.17, 15) is 23.2 Å². The number of urea groups is 1. The molecule has 1 aliphatic rings. The zero-order valence-electron chi connectivity index (χ0n) is 17.4. The second kappa shape index (κ2) is 11.5. The molecule has 0 aliphatic carbocycles. The number of benzene rings is 2. The van der Waals surface area contributed by atoms with Gasteiger partial charge in [0.25, 0.3) is 5.91 Å². The van der Waals surface area contributed by atoms with Crippen LogP contribution in [-0.4, -0.2) is 49.1 Å². The van der Waals surface area contributed by atoms with Gasteiger partial charge in [-0.15, -0.1) is 0 Å². The van der Waals surface area contributed by atoms with Gasteiger partial charge in [0.15, 0.2) is 6.61 Å². The van der Waals surface area contributed by atoms with Crippen molar-refractivity contribution in [1.82, 2.24) is 4.90 Å². The minimum absolute atomic E-state index is 0.110. The van der Waals surface area contributed by atoms with Crippen LogP contribution in [0.5, 0.6) is 5.75 Å². The highest BCUT2D eigenvalue weighted by molar-refractivity contribution is 6.32. The molecule has 2 aromatic rings. The van der Waals surface area contributed by atoms with Crippen LogP contribution >= 0.6 is 11.6 Å². The van der Waals surface area contributed by atoms with Crippen molar-refractivity contribution in [2.45, 2.75) is 19.5 Å². The highest BCUT2D eigenvalue weighted by Crippen LogP contribution is 2.29. The van der Waals surface area contributed by atoms with Crippen molar-refractivity contribution >= 4 is 40.9 Å². The lowest BCUT2D eigenvalue weighted by atomic mass is 9.98. The van der Waals surface area contributed by atoms with Gasteiger partial charge >= 0.3 is 18.6 Å². The van der Waals surface area contributed by atoms with Gasteiger partial charge in [-0.3, -0.25) is 9.59 Å². The summed E-state index contributed by atoms with van der Waals surface area (Å²) >= 11 is 5.84. The number of alkyl halides is 2. The smallest absolute Gasteiger partial charge is 0.387 e. The zero-order chi connectivity index (χ0) is 23.8. The van der Waals surface area contributed by atoms with Crippen LogP contribution in [0.4, 0.5) is 25.0 Å². The molecule has 8 nitrogen and oxygen atoms in total. The normalized spacial score (nSPS) is 15.6. The molecule has 0 spiro atoms. The maximum Gasteiger partial charge on any atom is 0.387 e. The van der Waals surface area contributed by atoms with Crippen molar-refractivity contribution < 1.29 is 32.6 Å². The first-order valence-corrected chi connectivity index (χ1v) is 10.5. The number of esters is 1. The summed E-state index contributed by atoms with van der Waals surface area (Å²) in [6, 6.07) is 12.4. The summed E-state index contributed by atoms with van der Waals surface area (Å²) in [5, 5.41) is 5.12. The number of likely N-dealkylation sites (tertiary alicyclic amines) is 1. The van der Waals surface area contributed by atoms with Crippen LogP contribution in [0.3, 0.4) is 0 Å². The molecule has 2 aromatic carbocycles. The highest BCUT2D eigenvalue weighted by Gasteiger charge is 2.30. The number of nitrogens with zero attached hydrogens (tertiary/aromatic N) is 1. The van der Waals surface area contributed by atoms with E-state index in [2.05, 4.69) is 15.4 Å². The first kappa shape index (κ1) is 24.2. The number of nitrogens with one attached hydrogen (secondary N) is 2. The van der Waals surface area contributed by atoms with Crippen LogP contribution in [0.1, 0.15) is 12.8 Å². The number of carbonyl (C=O) groups is 3. The van der Waals surface area contributed by atoms with Gasteiger partial charge in [-0.1, -0.05) is 29.8 Å².